The van der Waals surface area contributed by atoms with Crippen LogP contribution in [0, 0.1) is 12.8 Å². The molecule has 0 spiro atoms. The number of morpholine rings is 1. The van der Waals surface area contributed by atoms with E-state index >= 15 is 0 Å². The minimum atomic E-state index is 0.0798. The summed E-state index contributed by atoms with van der Waals surface area (Å²) in [5.74, 6) is 1.40. The lowest BCUT2D eigenvalue weighted by Gasteiger charge is -2.29. The number of aromatic nitrogens is 2. The molecule has 162 valence electrons. The van der Waals surface area contributed by atoms with Gasteiger partial charge in [0, 0.05) is 32.0 Å². The Bertz CT molecular complexity index is 1050. The van der Waals surface area contributed by atoms with Gasteiger partial charge in [0.1, 0.15) is 5.52 Å². The molecule has 2 aromatic heterocycles. The van der Waals surface area contributed by atoms with Crippen molar-refractivity contribution in [1.82, 2.24) is 14.5 Å². The average Bonchev–Trinajstić information content (AvgIpc) is 3.17. The summed E-state index contributed by atoms with van der Waals surface area (Å²) in [6.45, 7) is 5.56. The Labute approximate surface area is 184 Å². The summed E-state index contributed by atoms with van der Waals surface area (Å²) in [5.41, 5.74) is 5.26. The first-order valence-electron chi connectivity index (χ1n) is 11.6. The summed E-state index contributed by atoms with van der Waals surface area (Å²) in [4.78, 5) is 19.8. The number of nitrogens with zero attached hydrogens (tertiary/aromatic N) is 3. The summed E-state index contributed by atoms with van der Waals surface area (Å²) < 4.78 is 7.71. The van der Waals surface area contributed by atoms with E-state index in [4.69, 9.17) is 4.74 Å². The smallest absolute Gasteiger partial charge is 0.257 e. The molecule has 5 heteroatoms. The first-order chi connectivity index (χ1) is 15.2. The predicted octanol–water partition coefficient (Wildman–Crippen LogP) is 4.79. The molecule has 1 saturated heterocycles. The summed E-state index contributed by atoms with van der Waals surface area (Å²) in [5, 5.41) is 0. The largest absolute Gasteiger partial charge is 0.378 e. The minimum absolute atomic E-state index is 0.0798. The van der Waals surface area contributed by atoms with Crippen molar-refractivity contribution >= 4 is 16.9 Å². The Morgan fingerprint density at radius 1 is 1.10 bits per heavy atom. The second-order valence-corrected chi connectivity index (χ2v) is 9.11. The van der Waals surface area contributed by atoms with Crippen molar-refractivity contribution in [1.29, 1.82) is 0 Å². The zero-order valence-corrected chi connectivity index (χ0v) is 18.3. The maximum atomic E-state index is 13.2. The zero-order valence-electron chi connectivity index (χ0n) is 18.3. The van der Waals surface area contributed by atoms with E-state index in [1.165, 1.54) is 31.2 Å². The molecule has 5 rings (SSSR count). The van der Waals surface area contributed by atoms with Gasteiger partial charge in [0.25, 0.3) is 5.91 Å². The van der Waals surface area contributed by atoms with E-state index in [9.17, 15) is 4.79 Å². The zero-order chi connectivity index (χ0) is 21.2. The van der Waals surface area contributed by atoms with Gasteiger partial charge in [-0.15, -0.1) is 0 Å². The second kappa shape index (κ2) is 8.83. The van der Waals surface area contributed by atoms with Gasteiger partial charge in [-0.1, -0.05) is 30.3 Å². The van der Waals surface area contributed by atoms with Gasteiger partial charge in [-0.3, -0.25) is 9.78 Å². The van der Waals surface area contributed by atoms with Crippen molar-refractivity contribution in [3.05, 3.63) is 65.5 Å². The Morgan fingerprint density at radius 3 is 2.58 bits per heavy atom. The maximum absolute atomic E-state index is 13.2. The molecule has 0 bridgehead atoms. The first kappa shape index (κ1) is 20.3. The molecule has 1 aliphatic carbocycles. The molecule has 0 N–H and O–H groups in total. The van der Waals surface area contributed by atoms with E-state index in [-0.39, 0.29) is 5.91 Å². The molecule has 3 aromatic rings. The third-order valence-electron chi connectivity index (χ3n) is 6.96. The van der Waals surface area contributed by atoms with E-state index < -0.39 is 0 Å². The first-order valence-corrected chi connectivity index (χ1v) is 11.6. The molecule has 1 amide bonds. The molecular formula is C26H31N3O2. The fraction of sp³-hybridized carbons (Fsp3) is 0.462. The number of ether oxygens (including phenoxy) is 1. The molecule has 2 fully saturated rings. The van der Waals surface area contributed by atoms with Crippen LogP contribution in [-0.4, -0.2) is 46.7 Å². The summed E-state index contributed by atoms with van der Waals surface area (Å²) in [7, 11) is 0. The number of aryl methyl sites for hydroxylation is 1. The number of carbonyl (C=O) groups is 1. The number of hydrogen-bond acceptors (Lipinski definition) is 3. The quantitative estimate of drug-likeness (QED) is 0.613. The van der Waals surface area contributed by atoms with E-state index in [0.29, 0.717) is 38.1 Å². The summed E-state index contributed by atoms with van der Waals surface area (Å²) >= 11 is 0. The molecule has 3 heterocycles. The normalized spacial score (nSPS) is 22.0. The Morgan fingerprint density at radius 2 is 1.84 bits per heavy atom. The maximum Gasteiger partial charge on any atom is 0.257 e. The van der Waals surface area contributed by atoms with E-state index in [0.717, 1.165) is 28.7 Å². The molecule has 31 heavy (non-hydrogen) atoms. The van der Waals surface area contributed by atoms with Gasteiger partial charge in [0.2, 0.25) is 0 Å². The van der Waals surface area contributed by atoms with Crippen LogP contribution in [0.25, 0.3) is 11.0 Å². The molecule has 0 atom stereocenters. The van der Waals surface area contributed by atoms with Crippen LogP contribution >= 0.6 is 0 Å². The molecule has 0 radical (unpaired) electrons. The highest BCUT2D eigenvalue weighted by Crippen LogP contribution is 2.37. The van der Waals surface area contributed by atoms with Crippen LogP contribution in [0.1, 0.15) is 53.1 Å². The minimum Gasteiger partial charge on any atom is -0.378 e. The number of amides is 1. The highest BCUT2D eigenvalue weighted by molar-refractivity contribution is 6.05. The third kappa shape index (κ3) is 4.24. The van der Waals surface area contributed by atoms with Crippen molar-refractivity contribution in [2.75, 3.05) is 26.3 Å². The van der Waals surface area contributed by atoms with Gasteiger partial charge in [-0.25, -0.2) is 0 Å². The topological polar surface area (TPSA) is 47.4 Å². The Kier molecular flexibility index (Phi) is 5.77. The van der Waals surface area contributed by atoms with Crippen molar-refractivity contribution in [3.63, 3.8) is 0 Å². The average molecular weight is 418 g/mol. The van der Waals surface area contributed by atoms with Gasteiger partial charge in [0.05, 0.1) is 24.3 Å². The van der Waals surface area contributed by atoms with Gasteiger partial charge < -0.3 is 14.2 Å². The van der Waals surface area contributed by atoms with Gasteiger partial charge in [-0.2, -0.15) is 0 Å². The number of fused-ring (bicyclic) bond motifs is 1. The van der Waals surface area contributed by atoms with Gasteiger partial charge >= 0.3 is 0 Å². The van der Waals surface area contributed by atoms with Crippen LogP contribution < -0.4 is 0 Å². The lowest BCUT2D eigenvalue weighted by atomic mass is 9.78. The second-order valence-electron chi connectivity index (χ2n) is 9.11. The molecule has 2 aliphatic rings. The molecular weight excluding hydrogens is 386 g/mol. The number of rotatable bonds is 4. The standard InChI is InChI=1S/C26H31N3O2/c1-19-15-24-25(27-16-19)23(26(30)28-11-13-31-14-12-28)18-29(24)17-20-7-9-22(10-8-20)21-5-3-2-4-6-21/h2-6,15-16,18,20,22H,7-14,17H2,1H3. The van der Waals surface area contributed by atoms with Crippen LogP contribution in [0.5, 0.6) is 0 Å². The Hall–Kier alpha value is -2.66. The van der Waals surface area contributed by atoms with E-state index in [2.05, 4.69) is 59.1 Å². The summed E-state index contributed by atoms with van der Waals surface area (Å²) in [6.07, 6.45) is 8.86. The molecule has 5 nitrogen and oxygen atoms in total. The van der Waals surface area contributed by atoms with Crippen molar-refractivity contribution in [2.24, 2.45) is 5.92 Å². The molecule has 1 aliphatic heterocycles. The SMILES string of the molecule is Cc1cnc2c(C(=O)N3CCOCC3)cn(CC3CCC(c4ccccc4)CC3)c2c1. The van der Waals surface area contributed by atoms with E-state index in [1.807, 2.05) is 11.1 Å². The van der Waals surface area contributed by atoms with Crippen LogP contribution in [0.4, 0.5) is 0 Å². The number of benzene rings is 1. The lowest BCUT2D eigenvalue weighted by molar-refractivity contribution is 0.0304. The van der Waals surface area contributed by atoms with Crippen LogP contribution in [-0.2, 0) is 11.3 Å². The van der Waals surface area contributed by atoms with Crippen LogP contribution in [0.2, 0.25) is 0 Å². The molecule has 1 saturated carbocycles. The fourth-order valence-corrected chi connectivity index (χ4v) is 5.19. The number of pyridine rings is 1. The monoisotopic (exact) mass is 417 g/mol. The van der Waals surface area contributed by atoms with Gasteiger partial charge in [-0.05, 0) is 61.6 Å². The van der Waals surface area contributed by atoms with Crippen molar-refractivity contribution < 1.29 is 9.53 Å². The third-order valence-corrected chi connectivity index (χ3v) is 6.96. The number of hydrogen-bond donors (Lipinski definition) is 0. The van der Waals surface area contributed by atoms with Crippen LogP contribution in [0.3, 0.4) is 0 Å². The molecule has 1 aromatic carbocycles. The van der Waals surface area contributed by atoms with E-state index in [1.54, 1.807) is 0 Å². The van der Waals surface area contributed by atoms with Gasteiger partial charge in [0.15, 0.2) is 0 Å². The van der Waals surface area contributed by atoms with Crippen LogP contribution in [0.15, 0.2) is 48.8 Å². The van der Waals surface area contributed by atoms with Crippen molar-refractivity contribution in [2.45, 2.75) is 45.1 Å². The van der Waals surface area contributed by atoms with Crippen molar-refractivity contribution in [3.8, 4) is 0 Å². The predicted molar refractivity (Wildman–Crippen MR) is 122 cm³/mol. The molecule has 0 unspecified atom stereocenters. The highest BCUT2D eigenvalue weighted by Gasteiger charge is 2.26. The summed E-state index contributed by atoms with van der Waals surface area (Å²) in [6, 6.07) is 13.1. The fourth-order valence-electron chi connectivity index (χ4n) is 5.19. The number of carbonyl (C=O) groups excluding carboxylic acids is 1. The highest BCUT2D eigenvalue weighted by atomic mass is 16.5. The Balaban J connectivity index is 1.35. The lowest BCUT2D eigenvalue weighted by Crippen LogP contribution is -2.40.